The summed E-state index contributed by atoms with van der Waals surface area (Å²) in [6.45, 7) is 1.65. The second kappa shape index (κ2) is 8.10. The Kier molecular flexibility index (Phi) is 5.40. The van der Waals surface area contributed by atoms with E-state index in [1.54, 1.807) is 24.2 Å². The summed E-state index contributed by atoms with van der Waals surface area (Å²) in [6, 6.07) is 8.63. The first kappa shape index (κ1) is 18.0. The molecule has 2 aromatic rings. The Balaban J connectivity index is 1.37. The van der Waals surface area contributed by atoms with E-state index >= 15 is 0 Å². The van der Waals surface area contributed by atoms with Gasteiger partial charge in [-0.25, -0.2) is 4.68 Å². The van der Waals surface area contributed by atoms with Gasteiger partial charge in [0.2, 0.25) is 0 Å². The number of hydrogen-bond acceptors (Lipinski definition) is 5. The highest BCUT2D eigenvalue weighted by Gasteiger charge is 2.34. The van der Waals surface area contributed by atoms with Crippen molar-refractivity contribution in [2.45, 2.75) is 43.8 Å². The number of methoxy groups -OCH3 is 1. The number of aromatic nitrogens is 2. The molecule has 2 aliphatic rings. The molecule has 2 N–H and O–H groups in total. The lowest BCUT2D eigenvalue weighted by Gasteiger charge is -2.40. The van der Waals surface area contributed by atoms with Crippen molar-refractivity contribution in [2.24, 2.45) is 0 Å². The van der Waals surface area contributed by atoms with Crippen LogP contribution in [0.3, 0.4) is 0 Å². The first-order valence-corrected chi connectivity index (χ1v) is 9.57. The van der Waals surface area contributed by atoms with E-state index in [-0.39, 0.29) is 11.9 Å². The zero-order valence-corrected chi connectivity index (χ0v) is 15.6. The molecule has 1 aromatic heterocycles. The van der Waals surface area contributed by atoms with Gasteiger partial charge in [-0.05, 0) is 37.8 Å². The molecule has 1 saturated carbocycles. The molecule has 27 heavy (non-hydrogen) atoms. The van der Waals surface area contributed by atoms with Crippen LogP contribution in [0.1, 0.15) is 36.0 Å². The molecule has 0 radical (unpaired) electrons. The molecule has 0 unspecified atom stereocenters. The Labute approximate surface area is 159 Å². The van der Waals surface area contributed by atoms with Gasteiger partial charge in [-0.1, -0.05) is 12.1 Å². The number of rotatable bonds is 6. The summed E-state index contributed by atoms with van der Waals surface area (Å²) in [6.07, 6.45) is 7.54. The van der Waals surface area contributed by atoms with E-state index in [1.807, 2.05) is 24.3 Å². The molecule has 2 fully saturated rings. The van der Waals surface area contributed by atoms with Crippen molar-refractivity contribution < 1.29 is 14.3 Å². The van der Waals surface area contributed by atoms with Crippen LogP contribution in [-0.2, 0) is 4.74 Å². The third-order valence-corrected chi connectivity index (χ3v) is 5.44. The fourth-order valence-corrected chi connectivity index (χ4v) is 3.68. The van der Waals surface area contributed by atoms with Crippen LogP contribution in [0, 0.1) is 0 Å². The van der Waals surface area contributed by atoms with Gasteiger partial charge >= 0.3 is 0 Å². The van der Waals surface area contributed by atoms with E-state index in [9.17, 15) is 4.79 Å². The van der Waals surface area contributed by atoms with Gasteiger partial charge in [-0.15, -0.1) is 0 Å². The number of benzene rings is 1. The van der Waals surface area contributed by atoms with E-state index in [1.165, 1.54) is 0 Å². The maximum absolute atomic E-state index is 12.6. The number of carbonyl (C=O) groups excluding carboxylic acids is 1. The number of para-hydroxylation sites is 2. The monoisotopic (exact) mass is 370 g/mol. The standard InChI is InChI=1S/C20H26N4O3/c1-26-19-5-3-2-4-18(19)24-13-14(12-21-24)20(25)23-17-7-6-16(17)22-15-8-10-27-11-9-15/h2-5,12-13,15-17,22H,6-11H2,1H3,(H,23,25)/t16-,17+/m1/s1. The fourth-order valence-electron chi connectivity index (χ4n) is 3.68. The summed E-state index contributed by atoms with van der Waals surface area (Å²) < 4.78 is 12.5. The van der Waals surface area contributed by atoms with Gasteiger partial charge in [-0.3, -0.25) is 4.79 Å². The maximum atomic E-state index is 12.6. The Morgan fingerprint density at radius 2 is 1.96 bits per heavy atom. The molecule has 1 amide bonds. The lowest BCUT2D eigenvalue weighted by molar-refractivity contribution is 0.0652. The van der Waals surface area contributed by atoms with Crippen LogP contribution in [0.5, 0.6) is 5.75 Å². The van der Waals surface area contributed by atoms with E-state index in [4.69, 9.17) is 9.47 Å². The minimum Gasteiger partial charge on any atom is -0.494 e. The van der Waals surface area contributed by atoms with E-state index in [2.05, 4.69) is 15.7 Å². The smallest absolute Gasteiger partial charge is 0.254 e. The zero-order valence-electron chi connectivity index (χ0n) is 15.6. The average molecular weight is 370 g/mol. The predicted octanol–water partition coefficient (Wildman–Crippen LogP) is 1.91. The number of nitrogens with zero attached hydrogens (tertiary/aromatic N) is 2. The molecule has 2 atom stereocenters. The normalized spacial score (nSPS) is 22.9. The van der Waals surface area contributed by atoms with Gasteiger partial charge in [0.05, 0.1) is 18.9 Å². The van der Waals surface area contributed by atoms with Gasteiger partial charge in [0, 0.05) is 37.5 Å². The Bertz CT molecular complexity index is 785. The minimum absolute atomic E-state index is 0.0837. The lowest BCUT2D eigenvalue weighted by Crippen LogP contribution is -2.59. The molecule has 1 aliphatic heterocycles. The van der Waals surface area contributed by atoms with E-state index in [0.29, 0.717) is 23.4 Å². The Hall–Kier alpha value is -2.38. The van der Waals surface area contributed by atoms with E-state index in [0.717, 1.165) is 44.6 Å². The summed E-state index contributed by atoms with van der Waals surface area (Å²) >= 11 is 0. The third kappa shape index (κ3) is 3.99. The van der Waals surface area contributed by atoms with Crippen molar-refractivity contribution >= 4 is 5.91 Å². The van der Waals surface area contributed by atoms with Gasteiger partial charge in [0.1, 0.15) is 11.4 Å². The summed E-state index contributed by atoms with van der Waals surface area (Å²) in [4.78, 5) is 12.6. The van der Waals surface area contributed by atoms with Gasteiger partial charge in [-0.2, -0.15) is 5.10 Å². The first-order chi connectivity index (χ1) is 13.2. The second-order valence-electron chi connectivity index (χ2n) is 7.16. The number of amides is 1. The molecule has 2 heterocycles. The van der Waals surface area contributed by atoms with Gasteiger partial charge < -0.3 is 20.1 Å². The molecule has 1 aromatic carbocycles. The van der Waals surface area contributed by atoms with Crippen molar-refractivity contribution in [1.29, 1.82) is 0 Å². The molecule has 1 saturated heterocycles. The maximum Gasteiger partial charge on any atom is 0.254 e. The molecular weight excluding hydrogens is 344 g/mol. The van der Waals surface area contributed by atoms with Crippen molar-refractivity contribution in [2.75, 3.05) is 20.3 Å². The van der Waals surface area contributed by atoms with Crippen LogP contribution >= 0.6 is 0 Å². The van der Waals surface area contributed by atoms with Crippen LogP contribution in [-0.4, -0.2) is 54.1 Å². The highest BCUT2D eigenvalue weighted by atomic mass is 16.5. The van der Waals surface area contributed by atoms with Crippen LogP contribution < -0.4 is 15.4 Å². The highest BCUT2D eigenvalue weighted by molar-refractivity contribution is 5.94. The molecule has 144 valence electrons. The van der Waals surface area contributed by atoms with Gasteiger partial charge in [0.25, 0.3) is 5.91 Å². The topological polar surface area (TPSA) is 77.4 Å². The van der Waals surface area contributed by atoms with E-state index < -0.39 is 0 Å². The molecule has 7 nitrogen and oxygen atoms in total. The highest BCUT2D eigenvalue weighted by Crippen LogP contribution is 2.24. The van der Waals surface area contributed by atoms with Crippen LogP contribution in [0.4, 0.5) is 0 Å². The summed E-state index contributed by atoms with van der Waals surface area (Å²) in [5.74, 6) is 0.631. The third-order valence-electron chi connectivity index (χ3n) is 5.44. The molecule has 0 bridgehead atoms. The molecule has 7 heteroatoms. The van der Waals surface area contributed by atoms with Crippen LogP contribution in [0.2, 0.25) is 0 Å². The largest absolute Gasteiger partial charge is 0.494 e. The number of hydrogen-bond donors (Lipinski definition) is 2. The number of carbonyl (C=O) groups is 1. The number of ether oxygens (including phenoxy) is 2. The summed E-state index contributed by atoms with van der Waals surface area (Å²) in [5, 5.41) is 11.2. The molecule has 4 rings (SSSR count). The predicted molar refractivity (Wildman–Crippen MR) is 101 cm³/mol. The minimum atomic E-state index is -0.0837. The summed E-state index contributed by atoms with van der Waals surface area (Å²) in [5.41, 5.74) is 1.36. The lowest BCUT2D eigenvalue weighted by atomic mass is 9.85. The SMILES string of the molecule is COc1ccccc1-n1cc(C(=O)N[C@H]2CC[C@H]2NC2CCOCC2)cn1. The molecule has 1 aliphatic carbocycles. The van der Waals surface area contributed by atoms with Crippen molar-refractivity contribution in [3.63, 3.8) is 0 Å². The fraction of sp³-hybridized carbons (Fsp3) is 0.500. The Morgan fingerprint density at radius 3 is 2.70 bits per heavy atom. The van der Waals surface area contributed by atoms with Crippen LogP contribution in [0.25, 0.3) is 5.69 Å². The second-order valence-corrected chi connectivity index (χ2v) is 7.16. The van der Waals surface area contributed by atoms with Crippen LogP contribution in [0.15, 0.2) is 36.7 Å². The zero-order chi connectivity index (χ0) is 18.6. The van der Waals surface area contributed by atoms with Crippen molar-refractivity contribution in [3.8, 4) is 11.4 Å². The quantitative estimate of drug-likeness (QED) is 0.812. The van der Waals surface area contributed by atoms with Gasteiger partial charge in [0.15, 0.2) is 0 Å². The summed E-state index contributed by atoms with van der Waals surface area (Å²) in [7, 11) is 1.62. The number of nitrogens with one attached hydrogen (secondary N) is 2. The molecular formula is C20H26N4O3. The van der Waals surface area contributed by atoms with Crippen molar-refractivity contribution in [1.82, 2.24) is 20.4 Å². The average Bonchev–Trinajstić information content (AvgIpc) is 3.20. The first-order valence-electron chi connectivity index (χ1n) is 9.57. The Morgan fingerprint density at radius 1 is 1.19 bits per heavy atom. The van der Waals surface area contributed by atoms with Crippen molar-refractivity contribution in [3.05, 3.63) is 42.2 Å². The molecule has 0 spiro atoms.